The summed E-state index contributed by atoms with van der Waals surface area (Å²) in [5.41, 5.74) is 1.21. The number of ether oxygens (including phenoxy) is 1. The van der Waals surface area contributed by atoms with E-state index in [9.17, 15) is 0 Å². The summed E-state index contributed by atoms with van der Waals surface area (Å²) in [5.74, 6) is 0.856. The second-order valence-electron chi connectivity index (χ2n) is 4.35. The molecular formula is C15H25N3O. The van der Waals surface area contributed by atoms with Crippen LogP contribution in [-0.4, -0.2) is 32.8 Å². The molecule has 0 saturated carbocycles. The van der Waals surface area contributed by atoms with E-state index in [1.165, 1.54) is 12.0 Å². The van der Waals surface area contributed by atoms with Crippen molar-refractivity contribution >= 4 is 5.96 Å². The van der Waals surface area contributed by atoms with E-state index in [2.05, 4.69) is 34.7 Å². The van der Waals surface area contributed by atoms with E-state index < -0.39 is 0 Å². The van der Waals surface area contributed by atoms with Crippen molar-refractivity contribution in [3.8, 4) is 0 Å². The number of guanidine groups is 1. The Hall–Kier alpha value is -1.55. The van der Waals surface area contributed by atoms with Gasteiger partial charge in [0.2, 0.25) is 0 Å². The Morgan fingerprint density at radius 2 is 1.89 bits per heavy atom. The van der Waals surface area contributed by atoms with E-state index in [4.69, 9.17) is 4.74 Å². The Labute approximate surface area is 116 Å². The van der Waals surface area contributed by atoms with Crippen molar-refractivity contribution in [1.29, 1.82) is 0 Å². The minimum Gasteiger partial charge on any atom is -0.383 e. The van der Waals surface area contributed by atoms with Gasteiger partial charge in [0, 0.05) is 20.2 Å². The summed E-state index contributed by atoms with van der Waals surface area (Å²) < 4.78 is 5.04. The van der Waals surface area contributed by atoms with Gasteiger partial charge in [-0.3, -0.25) is 0 Å². The maximum Gasteiger partial charge on any atom is 0.191 e. The fraction of sp³-hybridized carbons (Fsp3) is 0.533. The summed E-state index contributed by atoms with van der Waals surface area (Å²) in [6, 6.07) is 10.3. The van der Waals surface area contributed by atoms with E-state index >= 15 is 0 Å². The van der Waals surface area contributed by atoms with Crippen molar-refractivity contribution in [2.24, 2.45) is 4.99 Å². The van der Waals surface area contributed by atoms with Crippen LogP contribution in [0, 0.1) is 0 Å². The third kappa shape index (κ3) is 7.47. The third-order valence-electron chi connectivity index (χ3n) is 2.68. The molecule has 0 bridgehead atoms. The summed E-state index contributed by atoms with van der Waals surface area (Å²) in [6.07, 6.45) is 2.33. The molecule has 0 unspecified atom stereocenters. The van der Waals surface area contributed by atoms with E-state index in [0.717, 1.165) is 25.5 Å². The first kappa shape index (κ1) is 15.5. The number of methoxy groups -OCH3 is 1. The zero-order valence-corrected chi connectivity index (χ0v) is 12.0. The standard InChI is InChI=1S/C15H25N3O/c1-3-4-10-16-15(17-11-12-19-2)18-13-14-8-6-5-7-9-14/h5-9H,3-4,10-13H2,1-2H3,(H2,16,17,18). The molecular weight excluding hydrogens is 238 g/mol. The smallest absolute Gasteiger partial charge is 0.191 e. The van der Waals surface area contributed by atoms with Crippen LogP contribution in [0.15, 0.2) is 35.3 Å². The van der Waals surface area contributed by atoms with Gasteiger partial charge in [-0.05, 0) is 12.0 Å². The number of aliphatic imine (C=N–C) groups is 1. The number of nitrogens with one attached hydrogen (secondary N) is 2. The van der Waals surface area contributed by atoms with Gasteiger partial charge in [-0.2, -0.15) is 0 Å². The molecule has 0 atom stereocenters. The molecule has 0 heterocycles. The van der Waals surface area contributed by atoms with E-state index in [-0.39, 0.29) is 0 Å². The minimum absolute atomic E-state index is 0.680. The van der Waals surface area contributed by atoms with Gasteiger partial charge in [-0.15, -0.1) is 0 Å². The second-order valence-corrected chi connectivity index (χ2v) is 4.35. The highest BCUT2D eigenvalue weighted by Gasteiger charge is 1.97. The first-order valence-electron chi connectivity index (χ1n) is 6.92. The monoisotopic (exact) mass is 263 g/mol. The van der Waals surface area contributed by atoms with Crippen LogP contribution in [0.25, 0.3) is 0 Å². The van der Waals surface area contributed by atoms with Gasteiger partial charge in [0.25, 0.3) is 0 Å². The van der Waals surface area contributed by atoms with Crippen molar-refractivity contribution in [2.45, 2.75) is 26.3 Å². The summed E-state index contributed by atoms with van der Waals surface area (Å²) >= 11 is 0. The van der Waals surface area contributed by atoms with E-state index in [1.54, 1.807) is 7.11 Å². The number of unbranched alkanes of at least 4 members (excludes halogenated alkanes) is 1. The number of rotatable bonds is 8. The summed E-state index contributed by atoms with van der Waals surface area (Å²) in [4.78, 5) is 4.58. The van der Waals surface area contributed by atoms with Crippen LogP contribution in [0.5, 0.6) is 0 Å². The Kier molecular flexibility index (Phi) is 8.47. The normalized spacial score (nSPS) is 11.4. The molecule has 0 amide bonds. The van der Waals surface area contributed by atoms with Crippen molar-refractivity contribution in [3.05, 3.63) is 35.9 Å². The number of benzene rings is 1. The number of nitrogens with zero attached hydrogens (tertiary/aromatic N) is 1. The summed E-state index contributed by atoms with van der Waals surface area (Å²) in [7, 11) is 1.70. The predicted octanol–water partition coefficient (Wildman–Crippen LogP) is 2.17. The molecule has 106 valence electrons. The SMILES string of the molecule is CCCCNC(=NCc1ccccc1)NCCOC. The van der Waals surface area contributed by atoms with E-state index in [1.807, 2.05) is 18.2 Å². The zero-order chi connectivity index (χ0) is 13.8. The summed E-state index contributed by atoms with van der Waals surface area (Å²) in [6.45, 7) is 5.27. The van der Waals surface area contributed by atoms with Crippen LogP contribution >= 0.6 is 0 Å². The van der Waals surface area contributed by atoms with Gasteiger partial charge >= 0.3 is 0 Å². The maximum absolute atomic E-state index is 5.04. The molecule has 4 heteroatoms. The highest BCUT2D eigenvalue weighted by Crippen LogP contribution is 1.99. The molecule has 0 aliphatic heterocycles. The summed E-state index contributed by atoms with van der Waals surface area (Å²) in [5, 5.41) is 6.60. The molecule has 4 nitrogen and oxygen atoms in total. The van der Waals surface area contributed by atoms with Crippen molar-refractivity contribution in [3.63, 3.8) is 0 Å². The molecule has 2 N–H and O–H groups in total. The van der Waals surface area contributed by atoms with Gasteiger partial charge in [0.15, 0.2) is 5.96 Å². The molecule has 1 rings (SSSR count). The Bertz CT molecular complexity index is 340. The fourth-order valence-corrected chi connectivity index (χ4v) is 1.58. The van der Waals surface area contributed by atoms with Crippen LogP contribution < -0.4 is 10.6 Å². The van der Waals surface area contributed by atoms with Crippen molar-refractivity contribution in [2.75, 3.05) is 26.8 Å². The first-order valence-corrected chi connectivity index (χ1v) is 6.92. The zero-order valence-electron chi connectivity index (χ0n) is 12.0. The van der Waals surface area contributed by atoms with Gasteiger partial charge in [-0.25, -0.2) is 4.99 Å². The molecule has 0 aliphatic rings. The van der Waals surface area contributed by atoms with Gasteiger partial charge < -0.3 is 15.4 Å². The minimum atomic E-state index is 0.680. The van der Waals surface area contributed by atoms with Gasteiger partial charge in [-0.1, -0.05) is 43.7 Å². The quantitative estimate of drug-likeness (QED) is 0.429. The number of hydrogen-bond donors (Lipinski definition) is 2. The predicted molar refractivity (Wildman–Crippen MR) is 80.4 cm³/mol. The fourth-order valence-electron chi connectivity index (χ4n) is 1.58. The Balaban J connectivity index is 2.45. The molecule has 1 aromatic rings. The van der Waals surface area contributed by atoms with Gasteiger partial charge in [0.05, 0.1) is 13.2 Å². The Morgan fingerprint density at radius 1 is 1.16 bits per heavy atom. The highest BCUT2D eigenvalue weighted by atomic mass is 16.5. The average Bonchev–Trinajstić information content (AvgIpc) is 2.45. The van der Waals surface area contributed by atoms with Crippen LogP contribution in [0.3, 0.4) is 0 Å². The molecule has 0 spiro atoms. The lowest BCUT2D eigenvalue weighted by Gasteiger charge is -2.12. The molecule has 1 aromatic carbocycles. The number of hydrogen-bond acceptors (Lipinski definition) is 2. The third-order valence-corrected chi connectivity index (χ3v) is 2.68. The molecule has 0 aromatic heterocycles. The molecule has 0 fully saturated rings. The average molecular weight is 263 g/mol. The largest absolute Gasteiger partial charge is 0.383 e. The lowest BCUT2D eigenvalue weighted by atomic mass is 10.2. The van der Waals surface area contributed by atoms with Crippen LogP contribution in [0.1, 0.15) is 25.3 Å². The van der Waals surface area contributed by atoms with Crippen LogP contribution in [0.4, 0.5) is 0 Å². The first-order chi connectivity index (χ1) is 9.36. The molecule has 0 saturated heterocycles. The second kappa shape index (κ2) is 10.4. The van der Waals surface area contributed by atoms with E-state index in [0.29, 0.717) is 13.2 Å². The molecule has 0 aliphatic carbocycles. The molecule has 19 heavy (non-hydrogen) atoms. The molecule has 0 radical (unpaired) electrons. The Morgan fingerprint density at radius 3 is 2.58 bits per heavy atom. The highest BCUT2D eigenvalue weighted by molar-refractivity contribution is 5.79. The van der Waals surface area contributed by atoms with Crippen molar-refractivity contribution < 1.29 is 4.74 Å². The lowest BCUT2D eigenvalue weighted by Crippen LogP contribution is -2.39. The maximum atomic E-state index is 5.04. The van der Waals surface area contributed by atoms with Crippen LogP contribution in [0.2, 0.25) is 0 Å². The lowest BCUT2D eigenvalue weighted by molar-refractivity contribution is 0.203. The van der Waals surface area contributed by atoms with Crippen LogP contribution in [-0.2, 0) is 11.3 Å². The van der Waals surface area contributed by atoms with Crippen molar-refractivity contribution in [1.82, 2.24) is 10.6 Å². The topological polar surface area (TPSA) is 45.7 Å². The van der Waals surface area contributed by atoms with Gasteiger partial charge in [0.1, 0.15) is 0 Å².